The fourth-order valence-electron chi connectivity index (χ4n) is 22.5. The number of allylic oxidation sites excluding steroid dienone is 8. The van der Waals surface area contributed by atoms with Gasteiger partial charge in [0.2, 0.25) is 0 Å². The first-order valence-corrected chi connectivity index (χ1v) is 46.9. The fourth-order valence-corrected chi connectivity index (χ4v) is 24.0. The molecule has 10 fully saturated rings. The number of fused-ring (bicyclic) bond motifs is 8. The van der Waals surface area contributed by atoms with E-state index in [0.29, 0.717) is 26.2 Å². The highest BCUT2D eigenvalue weighted by Gasteiger charge is 2.41. The number of piperazine rings is 5. The molecule has 5 aromatic carbocycles. The SMILES string of the molecule is CCOc1ccccc1N1CCN(CC2CCCCC2)CC1.Cc1cc(Cl)c(N2CCN(CC3CC4C=CC3C4)CC2)cc1S(C)(=O)=O.Cc1cccc(C)c1N1CCN(CC2CC3C=CC2C3)CC1.Fc1cc(Cl)ccc1N1CCN(CC2CC3C=CC2C3)CC1.N#Cc1ccccc1N1CCN(CC2CC3C=CC2C3)CC1. The molecule has 0 aromatic heterocycles. The van der Waals surface area contributed by atoms with E-state index in [9.17, 15) is 18.1 Å². The number of aryl methyl sites for hydroxylation is 3. The van der Waals surface area contributed by atoms with Crippen LogP contribution in [-0.2, 0) is 9.84 Å². The Bertz CT molecular complexity index is 4270. The highest BCUT2D eigenvalue weighted by Crippen LogP contribution is 2.48. The summed E-state index contributed by atoms with van der Waals surface area (Å²) in [5, 5.41) is 10.4. The first-order valence-electron chi connectivity index (χ1n) is 44.2. The molecule has 5 aromatic rings. The zero-order valence-electron chi connectivity index (χ0n) is 69.1. The van der Waals surface area contributed by atoms with Gasteiger partial charge in [0.1, 0.15) is 17.6 Å². The quantitative estimate of drug-likeness (QED) is 0.0778. The Morgan fingerprint density at radius 2 is 0.833 bits per heavy atom. The van der Waals surface area contributed by atoms with E-state index in [4.69, 9.17) is 27.9 Å². The second-order valence-electron chi connectivity index (χ2n) is 36.3. The van der Waals surface area contributed by atoms with Crippen LogP contribution in [0.15, 0.2) is 151 Å². The Hall–Kier alpha value is -6.39. The van der Waals surface area contributed by atoms with Gasteiger partial charge >= 0.3 is 0 Å². The second-order valence-corrected chi connectivity index (χ2v) is 39.1. The van der Waals surface area contributed by atoms with Crippen molar-refractivity contribution in [2.75, 3.05) is 201 Å². The molecular formula is C96H130Cl2FN11O3S. The van der Waals surface area contributed by atoms with Crippen LogP contribution in [0.3, 0.4) is 0 Å². The van der Waals surface area contributed by atoms with Crippen LogP contribution in [-0.4, -0.2) is 209 Å². The van der Waals surface area contributed by atoms with Crippen LogP contribution in [0, 0.1) is 115 Å². The summed E-state index contributed by atoms with van der Waals surface area (Å²) in [7, 11) is -3.25. The van der Waals surface area contributed by atoms with Crippen LogP contribution >= 0.6 is 23.2 Å². The Balaban J connectivity index is 0.000000112. The highest BCUT2D eigenvalue weighted by atomic mass is 35.5. The molecule has 0 spiro atoms. The maximum Gasteiger partial charge on any atom is 0.175 e. The summed E-state index contributed by atoms with van der Waals surface area (Å²) < 4.78 is 43.9. The average Bonchev–Trinajstić information content (AvgIpc) is 1.29. The van der Waals surface area contributed by atoms with Crippen molar-refractivity contribution in [2.45, 2.75) is 116 Å². The molecular weight excluding hydrogens is 1480 g/mol. The third-order valence-corrected chi connectivity index (χ3v) is 30.4. The lowest BCUT2D eigenvalue weighted by molar-refractivity contribution is 0.191. The van der Waals surface area contributed by atoms with Crippen LogP contribution in [0.2, 0.25) is 10.0 Å². The van der Waals surface area contributed by atoms with Gasteiger partial charge in [-0.2, -0.15) is 5.26 Å². The predicted molar refractivity (Wildman–Crippen MR) is 471 cm³/mol. The number of benzene rings is 5. The second kappa shape index (κ2) is 38.6. The van der Waals surface area contributed by atoms with E-state index in [1.807, 2.05) is 18.2 Å². The molecule has 12 unspecified atom stereocenters. The first kappa shape index (κ1) is 82.7. The number of nitriles is 1. The monoisotopic (exact) mass is 1610 g/mol. The normalized spacial score (nSPS) is 28.6. The molecule has 114 heavy (non-hydrogen) atoms. The van der Waals surface area contributed by atoms with E-state index < -0.39 is 9.84 Å². The minimum Gasteiger partial charge on any atom is -0.492 e. The number of hydrogen-bond acceptors (Lipinski definition) is 14. The van der Waals surface area contributed by atoms with Crippen molar-refractivity contribution >= 4 is 61.5 Å². The van der Waals surface area contributed by atoms with E-state index >= 15 is 0 Å². The Morgan fingerprint density at radius 1 is 0.430 bits per heavy atom. The third kappa shape index (κ3) is 20.8. The van der Waals surface area contributed by atoms with Gasteiger partial charge in [-0.05, 0) is 240 Å². The molecule has 14 nitrogen and oxygen atoms in total. The van der Waals surface area contributed by atoms with E-state index in [1.165, 1.54) is 190 Å². The molecule has 8 bridgehead atoms. The van der Waals surface area contributed by atoms with Crippen molar-refractivity contribution in [3.05, 3.63) is 184 Å². The maximum atomic E-state index is 14.0. The van der Waals surface area contributed by atoms with Gasteiger partial charge < -0.3 is 29.2 Å². The Kier molecular flexibility index (Phi) is 28.0. The van der Waals surface area contributed by atoms with E-state index in [0.717, 1.165) is 198 Å². The zero-order valence-corrected chi connectivity index (χ0v) is 71.5. The third-order valence-electron chi connectivity index (χ3n) is 28.6. The molecule has 0 amide bonds. The first-order chi connectivity index (χ1) is 55.4. The zero-order chi connectivity index (χ0) is 78.8. The van der Waals surface area contributed by atoms with Crippen molar-refractivity contribution in [2.24, 2.45) is 76.9 Å². The van der Waals surface area contributed by atoms with Crippen molar-refractivity contribution in [1.29, 1.82) is 5.26 Å². The molecule has 0 N–H and O–H groups in total. The molecule has 18 heteroatoms. The summed E-state index contributed by atoms with van der Waals surface area (Å²) in [5.41, 5.74) is 9.74. The summed E-state index contributed by atoms with van der Waals surface area (Å²) in [6.45, 7) is 36.8. The summed E-state index contributed by atoms with van der Waals surface area (Å²) in [6.07, 6.45) is 39.2. The molecule has 5 saturated carbocycles. The number of anilines is 5. The number of para-hydroxylation sites is 4. The van der Waals surface area contributed by atoms with Crippen LogP contribution in [0.1, 0.15) is 113 Å². The lowest BCUT2D eigenvalue weighted by atomic mass is 9.89. The molecule has 19 rings (SSSR count). The van der Waals surface area contributed by atoms with Crippen molar-refractivity contribution in [3.8, 4) is 11.8 Å². The topological polar surface area (TPSA) is 99.6 Å². The summed E-state index contributed by atoms with van der Waals surface area (Å²) in [6, 6.07) is 33.9. The molecule has 5 saturated heterocycles. The number of sulfone groups is 1. The molecule has 9 aliphatic carbocycles. The maximum absolute atomic E-state index is 14.0. The van der Waals surface area contributed by atoms with Gasteiger partial charge in [0.15, 0.2) is 9.84 Å². The number of rotatable bonds is 18. The Labute approximate surface area is 693 Å². The predicted octanol–water partition coefficient (Wildman–Crippen LogP) is 17.5. The minimum atomic E-state index is -3.25. The standard InChI is InChI=1S/C20H27ClN2O2S.C20H28N2.C19H23N3.C19H30N2O.C18H22ClFN2/c1-14-9-18(21)19(12-20(14)26(2,24)25)23-7-5-22(6-8-23)13-17-11-15-3-4-16(17)10-15;1-15-4-3-5-16(2)20(15)22-10-8-21(9-11-22)14-19-13-17-6-7-18(19)12-17;20-13-17-3-1-2-4-19(17)22-9-7-21(8-10-22)14-18-12-15-5-6-16(18)11-15;1-2-22-19-11-7-6-10-18(19)21-14-12-20(13-15-21)16-17-8-4-3-5-9-17;19-16-3-4-18(17(20)11-16)22-7-5-21(6-8-22)12-15-10-13-1-2-14(15)9-13/h3-4,9,12,15-17H,5-8,10-11,13H2,1-2H3;3-7,17-19H,8-14H2,1-2H3;1-6,15-16,18H,7-12,14H2;6-7,10-11,17H,2-5,8-9,12-16H2,1H3;1-4,11,13-15H,5-10,12H2. The lowest BCUT2D eigenvalue weighted by Crippen LogP contribution is -2.48. The van der Waals surface area contributed by atoms with Crippen LogP contribution in [0.5, 0.6) is 5.75 Å². The van der Waals surface area contributed by atoms with Gasteiger partial charge in [0.05, 0.1) is 44.8 Å². The van der Waals surface area contributed by atoms with Gasteiger partial charge in [-0.15, -0.1) is 0 Å². The van der Waals surface area contributed by atoms with Crippen LogP contribution < -0.4 is 29.2 Å². The van der Waals surface area contributed by atoms with Crippen LogP contribution in [0.25, 0.3) is 0 Å². The van der Waals surface area contributed by atoms with Crippen LogP contribution in [0.4, 0.5) is 32.8 Å². The van der Waals surface area contributed by atoms with E-state index in [2.05, 4.69) is 173 Å². The summed E-state index contributed by atoms with van der Waals surface area (Å²) in [4.78, 5) is 25.4. The highest BCUT2D eigenvalue weighted by molar-refractivity contribution is 7.90. The number of nitrogens with zero attached hydrogens (tertiary/aromatic N) is 11. The van der Waals surface area contributed by atoms with Gasteiger partial charge in [-0.3, -0.25) is 24.5 Å². The summed E-state index contributed by atoms with van der Waals surface area (Å²) in [5.74, 6) is 12.1. The van der Waals surface area contributed by atoms with Crippen molar-refractivity contribution < 1.29 is 17.5 Å². The number of halogens is 3. The van der Waals surface area contributed by atoms with E-state index in [-0.39, 0.29) is 5.82 Å². The average molecular weight is 1610 g/mol. The number of ether oxygens (including phenoxy) is 1. The van der Waals surface area contributed by atoms with Gasteiger partial charge in [0, 0.05) is 181 Å². The van der Waals surface area contributed by atoms with Gasteiger partial charge in [0.25, 0.3) is 0 Å². The molecule has 0 radical (unpaired) electrons. The molecule has 14 aliphatic rings. The smallest absolute Gasteiger partial charge is 0.175 e. The summed E-state index contributed by atoms with van der Waals surface area (Å²) >= 11 is 12.3. The Morgan fingerprint density at radius 3 is 1.25 bits per heavy atom. The molecule has 5 heterocycles. The molecule has 614 valence electrons. The van der Waals surface area contributed by atoms with E-state index in [1.54, 1.807) is 31.2 Å². The lowest BCUT2D eigenvalue weighted by Gasteiger charge is -2.39. The largest absolute Gasteiger partial charge is 0.492 e. The van der Waals surface area contributed by atoms with Gasteiger partial charge in [-0.25, -0.2) is 12.8 Å². The molecule has 5 aliphatic heterocycles. The minimum absolute atomic E-state index is 0.209. The number of hydrogen-bond donors (Lipinski definition) is 0. The van der Waals surface area contributed by atoms with Crippen molar-refractivity contribution in [3.63, 3.8) is 0 Å². The van der Waals surface area contributed by atoms with Gasteiger partial charge in [-0.1, -0.05) is 134 Å². The fraction of sp³-hybridized carbons (Fsp3) is 0.594. The molecule has 12 atom stereocenters. The van der Waals surface area contributed by atoms with Crippen molar-refractivity contribution in [1.82, 2.24) is 24.5 Å².